The van der Waals surface area contributed by atoms with E-state index in [1.165, 1.54) is 42.7 Å². The molecule has 9 heteroatoms. The van der Waals surface area contributed by atoms with Gasteiger partial charge in [-0.1, -0.05) is 12.1 Å². The lowest BCUT2D eigenvalue weighted by Gasteiger charge is -2.10. The molecule has 1 aromatic heterocycles. The summed E-state index contributed by atoms with van der Waals surface area (Å²) >= 11 is 5.41. The van der Waals surface area contributed by atoms with Crippen molar-refractivity contribution in [2.24, 2.45) is 0 Å². The van der Waals surface area contributed by atoms with Gasteiger partial charge in [0, 0.05) is 18.0 Å². The van der Waals surface area contributed by atoms with Crippen molar-refractivity contribution in [1.82, 2.24) is 15.8 Å². The van der Waals surface area contributed by atoms with Crippen molar-refractivity contribution in [3.63, 3.8) is 0 Å². The summed E-state index contributed by atoms with van der Waals surface area (Å²) in [5.41, 5.74) is 4.53. The Kier molecular flexibility index (Phi) is 6.19. The Labute approximate surface area is 147 Å². The molecule has 3 amide bonds. The number of ketones is 1. The van der Waals surface area contributed by atoms with Crippen LogP contribution in [-0.2, 0) is 9.59 Å². The fourth-order valence-corrected chi connectivity index (χ4v) is 1.91. The minimum Gasteiger partial charge on any atom is -0.324 e. The van der Waals surface area contributed by atoms with Crippen LogP contribution in [-0.4, -0.2) is 34.4 Å². The molecule has 0 aliphatic rings. The number of pyridine rings is 1. The lowest BCUT2D eigenvalue weighted by atomic mass is 10.1. The van der Waals surface area contributed by atoms with Crippen LogP contribution in [0.2, 0.25) is 0 Å². The van der Waals surface area contributed by atoms with Crippen LogP contribution < -0.4 is 16.2 Å². The highest BCUT2D eigenvalue weighted by Crippen LogP contribution is 2.15. The lowest BCUT2D eigenvalue weighted by Crippen LogP contribution is -2.45. The van der Waals surface area contributed by atoms with Crippen molar-refractivity contribution in [1.29, 1.82) is 0 Å². The molecule has 0 spiro atoms. The summed E-state index contributed by atoms with van der Waals surface area (Å²) in [6.07, 6.45) is 2.83. The highest BCUT2D eigenvalue weighted by atomic mass is 35.5. The zero-order valence-electron chi connectivity index (χ0n) is 12.8. The summed E-state index contributed by atoms with van der Waals surface area (Å²) in [4.78, 5) is 51.2. The maximum atomic E-state index is 12.2. The van der Waals surface area contributed by atoms with Crippen molar-refractivity contribution in [2.45, 2.75) is 0 Å². The van der Waals surface area contributed by atoms with E-state index in [2.05, 4.69) is 15.7 Å². The third-order valence-electron chi connectivity index (χ3n) is 3.01. The van der Waals surface area contributed by atoms with E-state index in [1.54, 1.807) is 6.07 Å². The fraction of sp³-hybridized carbons (Fsp3) is 0.0625. The summed E-state index contributed by atoms with van der Waals surface area (Å²) in [7, 11) is 0. The number of aromatic nitrogens is 1. The summed E-state index contributed by atoms with van der Waals surface area (Å²) in [5.74, 6) is -3.41. The van der Waals surface area contributed by atoms with Crippen LogP contribution in [0.1, 0.15) is 20.7 Å². The second-order valence-electron chi connectivity index (χ2n) is 4.70. The number of para-hydroxylation sites is 1. The topological polar surface area (TPSA) is 117 Å². The molecule has 0 aliphatic carbocycles. The maximum Gasteiger partial charge on any atom is 0.310 e. The van der Waals surface area contributed by atoms with Crippen LogP contribution in [0, 0.1) is 0 Å². The molecule has 0 aliphatic heterocycles. The number of nitrogens with one attached hydrogen (secondary N) is 3. The molecular formula is C16H13ClN4O4. The van der Waals surface area contributed by atoms with Gasteiger partial charge in [0.1, 0.15) is 5.88 Å². The first kappa shape index (κ1) is 18.1. The van der Waals surface area contributed by atoms with Crippen molar-refractivity contribution >= 4 is 40.8 Å². The summed E-state index contributed by atoms with van der Waals surface area (Å²) in [6, 6.07) is 8.84. The van der Waals surface area contributed by atoms with Gasteiger partial charge in [-0.3, -0.25) is 35.0 Å². The zero-order valence-corrected chi connectivity index (χ0v) is 13.5. The molecule has 1 aromatic carbocycles. The first-order valence-corrected chi connectivity index (χ1v) is 7.56. The predicted octanol–water partition coefficient (Wildman–Crippen LogP) is 0.903. The third-order valence-corrected chi connectivity index (χ3v) is 3.25. The van der Waals surface area contributed by atoms with Gasteiger partial charge in [-0.05, 0) is 24.3 Å². The Hall–Kier alpha value is -3.26. The fourth-order valence-electron chi connectivity index (χ4n) is 1.84. The molecule has 0 saturated heterocycles. The van der Waals surface area contributed by atoms with E-state index in [4.69, 9.17) is 11.6 Å². The molecule has 0 unspecified atom stereocenters. The summed E-state index contributed by atoms with van der Waals surface area (Å²) in [6.45, 7) is 0. The van der Waals surface area contributed by atoms with Crippen LogP contribution in [0.4, 0.5) is 5.69 Å². The first-order chi connectivity index (χ1) is 12.0. The molecule has 0 bridgehead atoms. The van der Waals surface area contributed by atoms with E-state index < -0.39 is 23.5 Å². The van der Waals surface area contributed by atoms with Gasteiger partial charge >= 0.3 is 5.91 Å². The number of anilines is 1. The first-order valence-electron chi connectivity index (χ1n) is 7.03. The van der Waals surface area contributed by atoms with Crippen molar-refractivity contribution < 1.29 is 19.2 Å². The monoisotopic (exact) mass is 360 g/mol. The third kappa shape index (κ3) is 4.85. The molecule has 2 rings (SSSR count). The highest BCUT2D eigenvalue weighted by Gasteiger charge is 2.20. The molecule has 0 radical (unpaired) electrons. The zero-order chi connectivity index (χ0) is 18.2. The van der Waals surface area contributed by atoms with Crippen LogP contribution in [0.3, 0.4) is 0 Å². The Morgan fingerprint density at radius 1 is 0.960 bits per heavy atom. The molecule has 0 atom stereocenters. The van der Waals surface area contributed by atoms with Crippen LogP contribution in [0.15, 0.2) is 48.8 Å². The number of amides is 3. The minimum absolute atomic E-state index is 0.0309. The molecule has 0 saturated carbocycles. The van der Waals surface area contributed by atoms with Gasteiger partial charge in [-0.2, -0.15) is 0 Å². The Bertz CT molecular complexity index is 811. The second kappa shape index (κ2) is 8.55. The van der Waals surface area contributed by atoms with Gasteiger partial charge in [-0.15, -0.1) is 11.6 Å². The van der Waals surface area contributed by atoms with E-state index in [0.29, 0.717) is 0 Å². The molecule has 2 aromatic rings. The van der Waals surface area contributed by atoms with E-state index in [-0.39, 0.29) is 22.7 Å². The number of carbonyl (C=O) groups excluding carboxylic acids is 4. The van der Waals surface area contributed by atoms with E-state index in [0.717, 1.165) is 0 Å². The predicted molar refractivity (Wildman–Crippen MR) is 90.0 cm³/mol. The number of Topliss-reactive ketones (excluding diaryl/α,β-unsaturated/α-hetero) is 1. The molecule has 1 heterocycles. The average Bonchev–Trinajstić information content (AvgIpc) is 2.66. The lowest BCUT2D eigenvalue weighted by molar-refractivity contribution is -0.117. The molecular weight excluding hydrogens is 348 g/mol. The van der Waals surface area contributed by atoms with Gasteiger partial charge in [0.05, 0.1) is 11.3 Å². The number of halogens is 1. The van der Waals surface area contributed by atoms with Crippen LogP contribution in [0.5, 0.6) is 0 Å². The Morgan fingerprint density at radius 2 is 1.64 bits per heavy atom. The highest BCUT2D eigenvalue weighted by molar-refractivity contribution is 6.44. The minimum atomic E-state index is -1.06. The summed E-state index contributed by atoms with van der Waals surface area (Å²) in [5, 5.41) is 2.42. The van der Waals surface area contributed by atoms with Gasteiger partial charge < -0.3 is 5.32 Å². The van der Waals surface area contributed by atoms with Crippen LogP contribution in [0.25, 0.3) is 0 Å². The van der Waals surface area contributed by atoms with Gasteiger partial charge in [-0.25, -0.2) is 0 Å². The number of hydrazine groups is 1. The normalized spacial score (nSPS) is 9.80. The smallest absolute Gasteiger partial charge is 0.310 e. The Morgan fingerprint density at radius 3 is 2.32 bits per heavy atom. The summed E-state index contributed by atoms with van der Waals surface area (Å²) < 4.78 is 0. The van der Waals surface area contributed by atoms with Gasteiger partial charge in [0.25, 0.3) is 11.7 Å². The average molecular weight is 361 g/mol. The van der Waals surface area contributed by atoms with Crippen molar-refractivity contribution in [3.05, 3.63) is 59.9 Å². The van der Waals surface area contributed by atoms with E-state index >= 15 is 0 Å². The van der Waals surface area contributed by atoms with Crippen molar-refractivity contribution in [2.75, 3.05) is 11.2 Å². The molecule has 3 N–H and O–H groups in total. The van der Waals surface area contributed by atoms with E-state index in [9.17, 15) is 19.2 Å². The molecule has 128 valence electrons. The molecule has 8 nitrogen and oxygen atoms in total. The van der Waals surface area contributed by atoms with Gasteiger partial charge in [0.15, 0.2) is 0 Å². The molecule has 0 fully saturated rings. The van der Waals surface area contributed by atoms with E-state index in [1.807, 2.05) is 5.43 Å². The number of nitrogens with zero attached hydrogens (tertiary/aromatic N) is 1. The van der Waals surface area contributed by atoms with Crippen molar-refractivity contribution in [3.8, 4) is 0 Å². The number of carbonyl (C=O) groups is 4. The number of hydrogen-bond donors (Lipinski definition) is 3. The number of alkyl halides is 1. The Balaban J connectivity index is 2.04. The van der Waals surface area contributed by atoms with Gasteiger partial charge in [0.2, 0.25) is 5.91 Å². The quantitative estimate of drug-likeness (QED) is 0.317. The maximum absolute atomic E-state index is 12.2. The number of benzene rings is 1. The molecule has 25 heavy (non-hydrogen) atoms. The number of rotatable bonds is 5. The largest absolute Gasteiger partial charge is 0.324 e. The second-order valence-corrected chi connectivity index (χ2v) is 4.97. The van der Waals surface area contributed by atoms with Crippen LogP contribution >= 0.6 is 11.6 Å². The SMILES string of the molecule is O=C(CCl)Nc1ccccc1C(=O)C(=O)NNC(=O)c1ccncc1. The number of hydrogen-bond acceptors (Lipinski definition) is 5. The standard InChI is InChI=1S/C16H13ClN4O4/c17-9-13(22)19-12-4-2-1-3-11(12)14(23)16(25)21-20-15(24)10-5-7-18-8-6-10/h1-8H,9H2,(H,19,22)(H,20,24)(H,21,25).